The minimum atomic E-state index is -4.18. The number of hydrogen-bond acceptors (Lipinski definition) is 4. The molecule has 0 bridgehead atoms. The van der Waals surface area contributed by atoms with Crippen molar-refractivity contribution in [3.8, 4) is 0 Å². The Morgan fingerprint density at radius 1 is 1.18 bits per heavy atom. The molecule has 1 heterocycles. The van der Waals surface area contributed by atoms with E-state index in [9.17, 15) is 22.4 Å². The van der Waals surface area contributed by atoms with Gasteiger partial charge in [-0.25, -0.2) is 4.39 Å². The van der Waals surface area contributed by atoms with Gasteiger partial charge in [0.2, 0.25) is 0 Å². The van der Waals surface area contributed by atoms with Crippen molar-refractivity contribution in [2.24, 2.45) is 0 Å². The van der Waals surface area contributed by atoms with Crippen LogP contribution in [0.4, 0.5) is 28.9 Å². The van der Waals surface area contributed by atoms with E-state index in [-0.39, 0.29) is 31.2 Å². The molecule has 0 aromatic heterocycles. The minimum Gasteiger partial charge on any atom is -0.466 e. The summed E-state index contributed by atoms with van der Waals surface area (Å²) in [6.45, 7) is 5.04. The first-order chi connectivity index (χ1) is 16.1. The van der Waals surface area contributed by atoms with Gasteiger partial charge in [-0.05, 0) is 67.5 Å². The Balaban J connectivity index is 1.73. The number of halogens is 4. The van der Waals surface area contributed by atoms with Gasteiger partial charge >= 0.3 is 12.1 Å². The van der Waals surface area contributed by atoms with Crippen molar-refractivity contribution in [1.82, 2.24) is 0 Å². The van der Waals surface area contributed by atoms with E-state index in [1.165, 1.54) is 6.07 Å². The fraction of sp³-hybridized carbons (Fsp3) is 0.500. The molecule has 0 N–H and O–H groups in total. The zero-order chi connectivity index (χ0) is 24.9. The van der Waals surface area contributed by atoms with Crippen molar-refractivity contribution >= 4 is 17.3 Å². The molecule has 186 valence electrons. The SMILES string of the molecule is CCOC(=O)CCc1ccc(N(C)Cc2ccc3c(c2C)N(CCC(F)(F)F)CCC3)cc1F. The quantitative estimate of drug-likeness (QED) is 0.327. The molecular weight excluding hydrogens is 448 g/mol. The zero-order valence-corrected chi connectivity index (χ0v) is 20.0. The van der Waals surface area contributed by atoms with Crippen molar-refractivity contribution in [3.05, 3.63) is 58.4 Å². The number of anilines is 2. The molecule has 0 aliphatic carbocycles. The van der Waals surface area contributed by atoms with Gasteiger partial charge < -0.3 is 14.5 Å². The average Bonchev–Trinajstić information content (AvgIpc) is 2.78. The van der Waals surface area contributed by atoms with Crippen LogP contribution in [-0.2, 0) is 28.9 Å². The number of alkyl halides is 3. The fourth-order valence-electron chi connectivity index (χ4n) is 4.46. The standard InChI is InChI=1S/C26H32F4N2O2/c1-4-34-24(33)12-10-19-9-11-22(16-23(19)27)31(3)17-21-8-7-20-6-5-14-32(25(20)18(21)2)15-13-26(28,29)30/h7-9,11,16H,4-6,10,12-15,17H2,1-3H3. The number of ether oxygens (including phenoxy) is 1. The predicted molar refractivity (Wildman–Crippen MR) is 126 cm³/mol. The van der Waals surface area contributed by atoms with Gasteiger partial charge in [-0.1, -0.05) is 18.2 Å². The molecule has 34 heavy (non-hydrogen) atoms. The summed E-state index contributed by atoms with van der Waals surface area (Å²) in [5, 5.41) is 0. The molecule has 0 spiro atoms. The van der Waals surface area contributed by atoms with Gasteiger partial charge in [-0.2, -0.15) is 13.2 Å². The smallest absolute Gasteiger partial charge is 0.390 e. The largest absolute Gasteiger partial charge is 0.466 e. The highest BCUT2D eigenvalue weighted by atomic mass is 19.4. The summed E-state index contributed by atoms with van der Waals surface area (Å²) in [6.07, 6.45) is -2.93. The lowest BCUT2D eigenvalue weighted by Gasteiger charge is -2.34. The van der Waals surface area contributed by atoms with Crippen LogP contribution < -0.4 is 9.80 Å². The van der Waals surface area contributed by atoms with Gasteiger partial charge in [0.05, 0.1) is 13.0 Å². The highest BCUT2D eigenvalue weighted by Gasteiger charge is 2.30. The monoisotopic (exact) mass is 480 g/mol. The third-order valence-electron chi connectivity index (χ3n) is 6.27. The van der Waals surface area contributed by atoms with Crippen molar-refractivity contribution < 1.29 is 27.1 Å². The molecule has 0 atom stereocenters. The van der Waals surface area contributed by atoms with Gasteiger partial charge in [0.15, 0.2) is 0 Å². The second-order valence-corrected chi connectivity index (χ2v) is 8.75. The molecule has 1 aliphatic rings. The van der Waals surface area contributed by atoms with E-state index < -0.39 is 12.6 Å². The number of aryl methyl sites for hydroxylation is 2. The van der Waals surface area contributed by atoms with Crippen LogP contribution in [0.3, 0.4) is 0 Å². The van der Waals surface area contributed by atoms with Crippen molar-refractivity contribution in [2.75, 3.05) is 36.5 Å². The summed E-state index contributed by atoms with van der Waals surface area (Å²) >= 11 is 0. The topological polar surface area (TPSA) is 32.8 Å². The maximum Gasteiger partial charge on any atom is 0.390 e. The van der Waals surface area contributed by atoms with E-state index in [1.54, 1.807) is 13.0 Å². The molecule has 0 amide bonds. The van der Waals surface area contributed by atoms with Gasteiger partial charge in [-0.15, -0.1) is 0 Å². The third kappa shape index (κ3) is 6.64. The number of carbonyl (C=O) groups excluding carboxylic acids is 1. The van der Waals surface area contributed by atoms with E-state index in [0.29, 0.717) is 30.9 Å². The Bertz CT molecular complexity index is 1010. The van der Waals surface area contributed by atoms with E-state index in [4.69, 9.17) is 4.74 Å². The summed E-state index contributed by atoms with van der Waals surface area (Å²) < 4.78 is 58.0. The minimum absolute atomic E-state index is 0.0465. The summed E-state index contributed by atoms with van der Waals surface area (Å²) in [5.74, 6) is -0.732. The number of rotatable bonds is 9. The summed E-state index contributed by atoms with van der Waals surface area (Å²) in [6, 6.07) is 8.96. The predicted octanol–water partition coefficient (Wildman–Crippen LogP) is 5.97. The molecule has 0 fully saturated rings. The first-order valence-electron chi connectivity index (χ1n) is 11.7. The molecule has 1 aliphatic heterocycles. The van der Waals surface area contributed by atoms with Crippen LogP contribution >= 0.6 is 0 Å². The van der Waals surface area contributed by atoms with E-state index >= 15 is 0 Å². The maximum absolute atomic E-state index is 14.6. The number of hydrogen-bond donors (Lipinski definition) is 0. The maximum atomic E-state index is 14.6. The van der Waals surface area contributed by atoms with Gasteiger partial charge in [-0.3, -0.25) is 4.79 Å². The number of nitrogens with zero attached hydrogens (tertiary/aromatic N) is 2. The Hall–Kier alpha value is -2.77. The van der Waals surface area contributed by atoms with Gasteiger partial charge in [0.1, 0.15) is 5.82 Å². The Morgan fingerprint density at radius 3 is 2.59 bits per heavy atom. The fourth-order valence-corrected chi connectivity index (χ4v) is 4.46. The van der Waals surface area contributed by atoms with E-state index in [2.05, 4.69) is 0 Å². The highest BCUT2D eigenvalue weighted by molar-refractivity contribution is 5.69. The van der Waals surface area contributed by atoms with Gasteiger partial charge in [0, 0.05) is 44.5 Å². The second kappa shape index (κ2) is 11.1. The molecule has 0 radical (unpaired) electrons. The Labute approximate surface area is 198 Å². The number of benzene rings is 2. The van der Waals surface area contributed by atoms with E-state index in [1.807, 2.05) is 42.0 Å². The summed E-state index contributed by atoms with van der Waals surface area (Å²) in [5.41, 5.74) is 5.08. The van der Waals surface area contributed by atoms with Crippen LogP contribution in [0, 0.1) is 12.7 Å². The van der Waals surface area contributed by atoms with Crippen LogP contribution in [0.25, 0.3) is 0 Å². The normalized spacial score (nSPS) is 13.6. The second-order valence-electron chi connectivity index (χ2n) is 8.75. The molecule has 0 saturated heterocycles. The lowest BCUT2D eigenvalue weighted by Crippen LogP contribution is -2.33. The molecule has 2 aromatic carbocycles. The molecule has 0 unspecified atom stereocenters. The third-order valence-corrected chi connectivity index (χ3v) is 6.27. The Morgan fingerprint density at radius 2 is 1.91 bits per heavy atom. The molecule has 3 rings (SSSR count). The van der Waals surface area contributed by atoms with Crippen molar-refractivity contribution in [3.63, 3.8) is 0 Å². The van der Waals surface area contributed by atoms with E-state index in [0.717, 1.165) is 35.2 Å². The van der Waals surface area contributed by atoms with Gasteiger partial charge in [0.25, 0.3) is 0 Å². The van der Waals surface area contributed by atoms with Crippen LogP contribution in [0.2, 0.25) is 0 Å². The van der Waals surface area contributed by atoms with Crippen LogP contribution in [0.1, 0.15) is 48.4 Å². The number of carbonyl (C=O) groups is 1. The summed E-state index contributed by atoms with van der Waals surface area (Å²) in [4.78, 5) is 15.3. The molecule has 8 heteroatoms. The first-order valence-corrected chi connectivity index (χ1v) is 11.7. The first kappa shape index (κ1) is 25.8. The Kier molecular flexibility index (Phi) is 8.44. The lowest BCUT2D eigenvalue weighted by molar-refractivity contribution is -0.143. The lowest BCUT2D eigenvalue weighted by atomic mass is 9.94. The molecule has 0 saturated carbocycles. The molecule has 4 nitrogen and oxygen atoms in total. The number of fused-ring (bicyclic) bond motifs is 1. The molecular formula is C26H32F4N2O2. The highest BCUT2D eigenvalue weighted by Crippen LogP contribution is 2.35. The van der Waals surface area contributed by atoms with Crippen LogP contribution in [0.15, 0.2) is 30.3 Å². The zero-order valence-electron chi connectivity index (χ0n) is 20.0. The van der Waals surface area contributed by atoms with Crippen LogP contribution in [0.5, 0.6) is 0 Å². The van der Waals surface area contributed by atoms with Crippen LogP contribution in [-0.4, -0.2) is 38.9 Å². The molecule has 2 aromatic rings. The average molecular weight is 481 g/mol. The van der Waals surface area contributed by atoms with Crippen molar-refractivity contribution in [2.45, 2.75) is 58.7 Å². The summed E-state index contributed by atoms with van der Waals surface area (Å²) in [7, 11) is 1.85. The van der Waals surface area contributed by atoms with Crippen molar-refractivity contribution in [1.29, 1.82) is 0 Å². The number of esters is 1.